The number of halogens is 1. The van der Waals surface area contributed by atoms with Crippen LogP contribution in [-0.2, 0) is 0 Å². The first-order chi connectivity index (χ1) is 14.8. The Kier molecular flexibility index (Phi) is 5.17. The van der Waals surface area contributed by atoms with Gasteiger partial charge in [0.1, 0.15) is 0 Å². The number of pyridine rings is 1. The molecular weight excluding hydrogens is 464 g/mol. The van der Waals surface area contributed by atoms with E-state index in [9.17, 15) is 0 Å². The van der Waals surface area contributed by atoms with Crippen LogP contribution in [0.4, 0.5) is 5.69 Å². The molecule has 5 rings (SSSR count). The van der Waals surface area contributed by atoms with E-state index in [0.29, 0.717) is 0 Å². The van der Waals surface area contributed by atoms with Gasteiger partial charge in [0, 0.05) is 21.6 Å². The minimum Gasteiger partial charge on any atom is -0.454 e. The summed E-state index contributed by atoms with van der Waals surface area (Å²) in [5.74, 6) is 1.47. The molecule has 0 saturated carbocycles. The monoisotopic (exact) mass is 478 g/mol. The lowest BCUT2D eigenvalue weighted by molar-refractivity contribution is 0.174. The molecule has 0 saturated heterocycles. The van der Waals surface area contributed by atoms with Gasteiger partial charge >= 0.3 is 0 Å². The fraction of sp³-hybridized carbons (Fsp3) is 0.0455. The molecule has 0 unspecified atom stereocenters. The molecule has 0 amide bonds. The highest BCUT2D eigenvalue weighted by atomic mass is 79.9. The zero-order valence-electron chi connectivity index (χ0n) is 15.6. The predicted octanol–water partition coefficient (Wildman–Crippen LogP) is 5.22. The van der Waals surface area contributed by atoms with E-state index in [1.54, 1.807) is 18.6 Å². The molecule has 148 valence electrons. The van der Waals surface area contributed by atoms with Crippen LogP contribution >= 0.6 is 27.3 Å². The smallest absolute Gasteiger partial charge is 0.231 e. The van der Waals surface area contributed by atoms with E-state index in [4.69, 9.17) is 19.6 Å². The van der Waals surface area contributed by atoms with Crippen LogP contribution in [0, 0.1) is 0 Å². The topological polar surface area (TPSA) is 61.0 Å². The Morgan fingerprint density at radius 2 is 2.00 bits per heavy atom. The number of hydrogen-bond donors (Lipinski definition) is 0. The lowest BCUT2D eigenvalue weighted by Crippen LogP contribution is -2.11. The molecule has 30 heavy (non-hydrogen) atoms. The molecule has 0 fully saturated rings. The summed E-state index contributed by atoms with van der Waals surface area (Å²) in [6.07, 6.45) is 5.25. The van der Waals surface area contributed by atoms with Gasteiger partial charge in [-0.2, -0.15) is 5.10 Å². The molecule has 0 atom stereocenters. The van der Waals surface area contributed by atoms with Gasteiger partial charge in [0.2, 0.25) is 11.6 Å². The van der Waals surface area contributed by atoms with Crippen molar-refractivity contribution in [2.45, 2.75) is 0 Å². The third-order valence-electron chi connectivity index (χ3n) is 4.40. The minimum absolute atomic E-state index is 0.246. The molecule has 4 aromatic rings. The van der Waals surface area contributed by atoms with Gasteiger partial charge in [-0.05, 0) is 48.0 Å². The van der Waals surface area contributed by atoms with Gasteiger partial charge in [-0.25, -0.2) is 9.67 Å². The average Bonchev–Trinajstić information content (AvgIpc) is 3.39. The van der Waals surface area contributed by atoms with Crippen molar-refractivity contribution < 1.29 is 9.47 Å². The van der Waals surface area contributed by atoms with Gasteiger partial charge in [-0.3, -0.25) is 4.98 Å². The summed E-state index contributed by atoms with van der Waals surface area (Å²) in [4.78, 5) is 9.62. The van der Waals surface area contributed by atoms with Crippen molar-refractivity contribution in [1.82, 2.24) is 9.66 Å². The van der Waals surface area contributed by atoms with E-state index in [-0.39, 0.29) is 6.79 Å². The summed E-state index contributed by atoms with van der Waals surface area (Å²) in [6, 6.07) is 17.6. The zero-order chi connectivity index (χ0) is 20.3. The molecular formula is C22H15BrN4O2S. The van der Waals surface area contributed by atoms with Crippen molar-refractivity contribution in [3.05, 3.63) is 87.2 Å². The summed E-state index contributed by atoms with van der Waals surface area (Å²) in [5.41, 5.74) is 3.66. The minimum atomic E-state index is 0.246. The van der Waals surface area contributed by atoms with Gasteiger partial charge in [-0.15, -0.1) is 11.3 Å². The van der Waals surface area contributed by atoms with E-state index >= 15 is 0 Å². The van der Waals surface area contributed by atoms with E-state index < -0.39 is 0 Å². The summed E-state index contributed by atoms with van der Waals surface area (Å²) in [6.45, 7) is 0.246. The third kappa shape index (κ3) is 3.92. The van der Waals surface area contributed by atoms with E-state index in [1.165, 1.54) is 11.3 Å². The molecule has 0 bridgehead atoms. The van der Waals surface area contributed by atoms with Crippen molar-refractivity contribution >= 4 is 39.2 Å². The molecule has 0 aliphatic carbocycles. The van der Waals surface area contributed by atoms with Crippen LogP contribution in [0.25, 0.3) is 11.3 Å². The number of ether oxygens (including phenoxy) is 2. The van der Waals surface area contributed by atoms with E-state index in [0.717, 1.165) is 43.3 Å². The standard InChI is InChI=1S/C22H15BrN4O2S/c23-17-4-1-3-16(10-17)19-13-30-22(26-18-5-2-8-24-12-18)27(19)25-11-15-6-7-20-21(9-15)29-14-28-20/h1-13H,14H2. The van der Waals surface area contributed by atoms with Crippen molar-refractivity contribution in [2.75, 3.05) is 6.79 Å². The van der Waals surface area contributed by atoms with Gasteiger partial charge in [0.15, 0.2) is 11.5 Å². The predicted molar refractivity (Wildman–Crippen MR) is 120 cm³/mol. The highest BCUT2D eigenvalue weighted by molar-refractivity contribution is 9.10. The molecule has 2 aromatic carbocycles. The second-order valence-electron chi connectivity index (χ2n) is 6.41. The summed E-state index contributed by atoms with van der Waals surface area (Å²) in [7, 11) is 0. The van der Waals surface area contributed by atoms with Gasteiger partial charge in [0.05, 0.1) is 23.8 Å². The number of nitrogens with zero attached hydrogens (tertiary/aromatic N) is 4. The molecule has 8 heteroatoms. The first kappa shape index (κ1) is 18.8. The second-order valence-corrected chi connectivity index (χ2v) is 8.16. The molecule has 0 spiro atoms. The number of rotatable bonds is 4. The maximum absolute atomic E-state index is 5.47. The third-order valence-corrected chi connectivity index (χ3v) is 5.70. The molecule has 6 nitrogen and oxygen atoms in total. The summed E-state index contributed by atoms with van der Waals surface area (Å²) in [5, 5.41) is 6.79. The van der Waals surface area contributed by atoms with Crippen molar-refractivity contribution in [1.29, 1.82) is 0 Å². The summed E-state index contributed by atoms with van der Waals surface area (Å²) < 4.78 is 13.7. The lowest BCUT2D eigenvalue weighted by atomic mass is 10.2. The van der Waals surface area contributed by atoms with Gasteiger partial charge in [-0.1, -0.05) is 28.1 Å². The first-order valence-electron chi connectivity index (χ1n) is 9.11. The number of thiazole rings is 1. The first-order valence-corrected chi connectivity index (χ1v) is 10.8. The highest BCUT2D eigenvalue weighted by Crippen LogP contribution is 2.32. The zero-order valence-corrected chi connectivity index (χ0v) is 18.0. The lowest BCUT2D eigenvalue weighted by Gasteiger charge is -2.04. The van der Waals surface area contributed by atoms with Crippen molar-refractivity contribution in [2.24, 2.45) is 10.1 Å². The fourth-order valence-electron chi connectivity index (χ4n) is 2.98. The Labute approximate surface area is 184 Å². The van der Waals surface area contributed by atoms with Crippen LogP contribution in [0.2, 0.25) is 0 Å². The molecule has 3 heterocycles. The number of benzene rings is 2. The van der Waals surface area contributed by atoms with Crippen molar-refractivity contribution in [3.63, 3.8) is 0 Å². The van der Waals surface area contributed by atoms with E-state index in [1.807, 2.05) is 58.6 Å². The summed E-state index contributed by atoms with van der Waals surface area (Å²) >= 11 is 5.07. The largest absolute Gasteiger partial charge is 0.454 e. The molecule has 0 N–H and O–H groups in total. The van der Waals surface area contributed by atoms with Gasteiger partial charge < -0.3 is 9.47 Å². The number of fused-ring (bicyclic) bond motifs is 1. The molecule has 2 aromatic heterocycles. The Morgan fingerprint density at radius 3 is 2.87 bits per heavy atom. The van der Waals surface area contributed by atoms with Crippen LogP contribution in [0.5, 0.6) is 11.5 Å². The molecule has 0 radical (unpaired) electrons. The van der Waals surface area contributed by atoms with Crippen molar-refractivity contribution in [3.8, 4) is 22.8 Å². The van der Waals surface area contributed by atoms with Crippen LogP contribution in [0.1, 0.15) is 5.56 Å². The van der Waals surface area contributed by atoms with Crippen LogP contribution in [0.15, 0.2) is 86.9 Å². The van der Waals surface area contributed by atoms with Gasteiger partial charge in [0.25, 0.3) is 0 Å². The fourth-order valence-corrected chi connectivity index (χ4v) is 4.24. The quantitative estimate of drug-likeness (QED) is 0.378. The Hall–Kier alpha value is -3.23. The maximum Gasteiger partial charge on any atom is 0.231 e. The molecule has 1 aliphatic rings. The highest BCUT2D eigenvalue weighted by Gasteiger charge is 2.13. The second kappa shape index (κ2) is 8.25. The number of aromatic nitrogens is 2. The maximum atomic E-state index is 5.47. The Morgan fingerprint density at radius 1 is 1.07 bits per heavy atom. The Bertz CT molecular complexity index is 1300. The molecule has 1 aliphatic heterocycles. The Balaban J connectivity index is 1.60. The van der Waals surface area contributed by atoms with Crippen LogP contribution in [-0.4, -0.2) is 22.7 Å². The SMILES string of the molecule is Brc1cccc(-c2csc(=Nc3cccnc3)n2N=Cc2ccc3c(c2)OCO3)c1. The van der Waals surface area contributed by atoms with Crippen LogP contribution in [0.3, 0.4) is 0 Å². The number of hydrogen-bond acceptors (Lipinski definition) is 6. The average molecular weight is 479 g/mol. The normalized spacial score (nSPS) is 13.3. The van der Waals surface area contributed by atoms with E-state index in [2.05, 4.69) is 27.0 Å². The van der Waals surface area contributed by atoms with Crippen LogP contribution < -0.4 is 14.3 Å².